The van der Waals surface area contributed by atoms with Crippen LogP contribution in [0.5, 0.6) is 0 Å². The van der Waals surface area contributed by atoms with Crippen molar-refractivity contribution in [2.45, 2.75) is 19.6 Å². The summed E-state index contributed by atoms with van der Waals surface area (Å²) in [5, 5.41) is 11.8. The normalized spacial score (nSPS) is 9.96. The fourth-order valence-electron chi connectivity index (χ4n) is 9.94. The van der Waals surface area contributed by atoms with Crippen molar-refractivity contribution in [2.24, 2.45) is 0 Å². The summed E-state index contributed by atoms with van der Waals surface area (Å²) in [6, 6.07) is 48.4. The van der Waals surface area contributed by atoms with Crippen LogP contribution < -0.4 is 31.2 Å². The van der Waals surface area contributed by atoms with Gasteiger partial charge in [0, 0.05) is 210 Å². The zero-order chi connectivity index (χ0) is 80.1. The van der Waals surface area contributed by atoms with Crippen LogP contribution in [0.15, 0.2) is 324 Å². The van der Waals surface area contributed by atoms with Gasteiger partial charge in [-0.05, 0) is 181 Å². The van der Waals surface area contributed by atoms with Crippen LogP contribution in [-0.2, 0) is 29.1 Å². The average Bonchev–Trinajstić information content (AvgIpc) is 0.813. The fraction of sp³-hybridized carbons (Fsp3) is 0.0617. The average molecular weight is 2250 g/mol. The molecule has 3 aromatic carbocycles. The number of hydroxylamine groups is 1. The van der Waals surface area contributed by atoms with Crippen molar-refractivity contribution in [1.29, 1.82) is 0 Å². The second kappa shape index (κ2) is 48.7. The number of hydrogen-bond donors (Lipinski definition) is 4. The van der Waals surface area contributed by atoms with E-state index in [1.54, 1.807) is 172 Å². The molecule has 12 aromatic heterocycles. The fourth-order valence-corrected chi connectivity index (χ4v) is 11.5. The number of pyridine rings is 7. The van der Waals surface area contributed by atoms with Gasteiger partial charge in [0.15, 0.2) is 17.5 Å². The molecule has 15 aromatic rings. The molecule has 0 unspecified atom stereocenters. The van der Waals surface area contributed by atoms with E-state index in [0.717, 1.165) is 74.4 Å². The Labute approximate surface area is 747 Å². The van der Waals surface area contributed by atoms with Crippen molar-refractivity contribution >= 4 is 134 Å². The molecular weight excluding hydrogens is 2190 g/mol. The summed E-state index contributed by atoms with van der Waals surface area (Å²) in [6.45, 7) is 1.53. The minimum absolute atomic E-state index is 0. The van der Waals surface area contributed by atoms with E-state index in [9.17, 15) is 14.4 Å². The summed E-state index contributed by atoms with van der Waals surface area (Å²) < 4.78 is 13.3. The van der Waals surface area contributed by atoms with Crippen LogP contribution in [0.3, 0.4) is 0 Å². The van der Waals surface area contributed by atoms with E-state index in [1.807, 2.05) is 148 Å². The van der Waals surface area contributed by atoms with Gasteiger partial charge in [-0.3, -0.25) is 44.9 Å². The molecule has 1 amide bonds. The molecule has 0 aliphatic rings. The third-order valence-corrected chi connectivity index (χ3v) is 17.3. The second-order valence-corrected chi connectivity index (χ2v) is 26.6. The van der Waals surface area contributed by atoms with E-state index >= 15 is 0 Å². The van der Waals surface area contributed by atoms with Gasteiger partial charge in [-0.15, -0.1) is 0 Å². The number of rotatable bonds is 19. The monoisotopic (exact) mass is 2250 g/mol. The molecule has 5 N–H and O–H groups in total. The number of carbonyl (C=O) groups excluding carboxylic acids is 3. The summed E-state index contributed by atoms with van der Waals surface area (Å²) in [6.07, 6.45) is 40.2. The van der Waals surface area contributed by atoms with Gasteiger partial charge < -0.3 is 35.2 Å². The van der Waals surface area contributed by atoms with Crippen molar-refractivity contribution in [3.8, 4) is 22.3 Å². The van der Waals surface area contributed by atoms with E-state index in [2.05, 4.69) is 154 Å². The number of methoxy groups -OCH3 is 2. The van der Waals surface area contributed by atoms with Crippen molar-refractivity contribution in [3.05, 3.63) is 358 Å². The number of nitrogens with zero attached hydrogens (tertiary/aromatic N) is 20. The Morgan fingerprint density at radius 1 is 0.345 bits per heavy atom. The molecule has 12 heterocycles. The van der Waals surface area contributed by atoms with Crippen LogP contribution in [0, 0.1) is 62.2 Å². The maximum Gasteiger partial charge on any atom is 0.337 e. The van der Waals surface area contributed by atoms with E-state index in [0.29, 0.717) is 71.2 Å². The van der Waals surface area contributed by atoms with Gasteiger partial charge in [-0.2, -0.15) is 0 Å². The largest absolute Gasteiger partial charge is 0.465 e. The summed E-state index contributed by atoms with van der Waals surface area (Å²) >= 11 is 13.3. The van der Waals surface area contributed by atoms with Crippen LogP contribution >= 0.6 is 63.7 Å². The third-order valence-electron chi connectivity index (χ3n) is 15.4. The quantitative estimate of drug-likeness (QED) is 0.0253. The summed E-state index contributed by atoms with van der Waals surface area (Å²) in [4.78, 5) is 112. The number of carbonyl (C=O) groups is 3. The molecule has 0 aliphatic carbocycles. The number of anilines is 9. The first kappa shape index (κ1) is 90.0. The number of ether oxygens (including phenoxy) is 2. The van der Waals surface area contributed by atoms with Crippen LogP contribution in [0.1, 0.15) is 47.8 Å². The summed E-state index contributed by atoms with van der Waals surface area (Å²) in [5.74, 6) is 4.83. The number of nitrogen functional groups attached to an aromatic ring is 1. The maximum atomic E-state index is 11.7. The molecule has 0 spiro atoms. The second-order valence-electron chi connectivity index (χ2n) is 23.1. The van der Waals surface area contributed by atoms with Gasteiger partial charge in [-0.1, -0.05) is 68.3 Å². The first-order valence-electron chi connectivity index (χ1n) is 33.9. The number of hydrogen-bond acceptors (Lipinski definition) is 28. The molecular formula is C81H67Br4N23O6U2. The van der Waals surface area contributed by atoms with Crippen molar-refractivity contribution in [1.82, 2.24) is 90.2 Å². The van der Waals surface area contributed by atoms with Crippen LogP contribution in [0.4, 0.5) is 52.4 Å². The van der Waals surface area contributed by atoms with Gasteiger partial charge in [0.1, 0.15) is 39.5 Å². The Balaban J connectivity index is 0.000000184. The number of nitrogens with one attached hydrogen (secondary N) is 2. The maximum absolute atomic E-state index is 11.7. The number of esters is 2. The Hall–Kier alpha value is -11.5. The van der Waals surface area contributed by atoms with E-state index in [-0.39, 0.29) is 74.2 Å². The Bertz CT molecular complexity index is 5210. The van der Waals surface area contributed by atoms with Gasteiger partial charge in [0.2, 0.25) is 0 Å². The van der Waals surface area contributed by atoms with Gasteiger partial charge in [0.05, 0.1) is 76.0 Å². The van der Waals surface area contributed by atoms with Crippen LogP contribution in [0.25, 0.3) is 22.3 Å². The predicted molar refractivity (Wildman–Crippen MR) is 445 cm³/mol. The Morgan fingerprint density at radius 2 is 0.733 bits per heavy atom. The molecule has 0 aliphatic heterocycles. The molecule has 0 fully saturated rings. The predicted octanol–water partition coefficient (Wildman–Crippen LogP) is 16.3. The molecule has 0 radical (unpaired) electrons. The van der Waals surface area contributed by atoms with Gasteiger partial charge in [0.25, 0.3) is 5.91 Å². The topological polar surface area (TPSA) is 369 Å². The van der Waals surface area contributed by atoms with E-state index < -0.39 is 5.91 Å². The Kier molecular flexibility index (Phi) is 37.8. The third kappa shape index (κ3) is 29.1. The number of amides is 1. The molecule has 578 valence electrons. The summed E-state index contributed by atoms with van der Waals surface area (Å²) in [7, 11) is 2.73. The van der Waals surface area contributed by atoms with Crippen molar-refractivity contribution < 1.29 is 91.3 Å². The minimum Gasteiger partial charge on any atom is -0.465 e. The zero-order valence-electron chi connectivity index (χ0n) is 61.5. The van der Waals surface area contributed by atoms with Crippen molar-refractivity contribution in [2.75, 3.05) is 40.0 Å². The van der Waals surface area contributed by atoms with Crippen molar-refractivity contribution in [3.63, 3.8) is 0 Å². The molecule has 0 bridgehead atoms. The first-order valence-corrected chi connectivity index (χ1v) is 37.1. The summed E-state index contributed by atoms with van der Waals surface area (Å²) in [5.41, 5.74) is 15.2. The number of nitrogens with two attached hydrogens (primary N) is 1. The molecule has 0 atom stereocenters. The van der Waals surface area contributed by atoms with E-state index in [4.69, 9.17) is 20.4 Å². The smallest absolute Gasteiger partial charge is 0.337 e. The minimum atomic E-state index is -0.555. The molecule has 29 nitrogen and oxygen atoms in total. The molecule has 0 saturated heterocycles. The molecule has 15 rings (SSSR count). The van der Waals surface area contributed by atoms with Crippen LogP contribution in [0.2, 0.25) is 0 Å². The van der Waals surface area contributed by atoms with Gasteiger partial charge in [-0.25, -0.2) is 64.9 Å². The number of halogens is 4. The molecule has 35 heteroatoms. The number of benzene rings is 3. The van der Waals surface area contributed by atoms with E-state index in [1.165, 1.54) is 20.4 Å². The van der Waals surface area contributed by atoms with Gasteiger partial charge >= 0.3 is 11.9 Å². The van der Waals surface area contributed by atoms with Crippen LogP contribution in [-0.4, -0.2) is 122 Å². The SMILES string of the molecule is Brc1ccnc(Br)c1.Brc1ccnc(Nc2cnccn2)c1.COC(=O)c1ccc(CN(c2ccc(-c3ccncc3)cn2)c2cnccn2)cc1.COC(=O)c1ccc(CN(c2ccc(Br)cn2)c2cnccn2)cc1.Nc1cnccn1.O=C(NO)c1ccc(CN(c2ccc(-c3ccncc3)cn2)c2cnccn2)cc1.[U].[U]. The molecule has 116 heavy (non-hydrogen) atoms. The first-order chi connectivity index (χ1) is 55.7. The zero-order valence-corrected chi connectivity index (χ0v) is 76.2. The molecule has 0 saturated carbocycles. The standard InChI is InChI=1S/C23H19N5O2.C22H18N6O2.C18H15BrN4O2.C9H7BrN4.C5H3Br2N.C4H5N3.2U/c1-30-23(29)19-4-2-17(3-5-19)16-28(22-15-25-12-13-26-22)21-7-6-20(14-27-21)18-8-10-24-11-9-18;29-22(27-30)18-3-1-16(2-4-18)15-28(21-14-24-11-12-25-21)20-6-5-19(13-26-20)17-7-9-23-10-8-17;1-25-18(24)14-4-2-13(3-5-14)12-23(17-11-20-8-9-21-17)16-7-6-15(19)10-22-16;10-7-1-2-12-8(5-7)14-9-6-11-3-4-13-9;6-4-1-2-8-5(7)3-4;5-4-3-6-1-2-7-4;;/h2-15H,16H2,1H3;1-14,30H,15H2,(H,27,29);2-11H,12H2,1H3;1-6H,(H,12,13,14);1-3H;1-3H,(H2,5,7);;. The Morgan fingerprint density at radius 3 is 1.05 bits per heavy atom. The number of aromatic nitrogens is 17.